The van der Waals surface area contributed by atoms with E-state index in [1.54, 1.807) is 17.7 Å². The van der Waals surface area contributed by atoms with Crippen LogP contribution in [0.2, 0.25) is 0 Å². The molecule has 0 saturated carbocycles. The lowest BCUT2D eigenvalue weighted by molar-refractivity contribution is 0.102. The minimum Gasteiger partial charge on any atom is -0.319 e. The van der Waals surface area contributed by atoms with Crippen LogP contribution in [0.4, 0.5) is 10.1 Å². The molecule has 4 nitrogen and oxygen atoms in total. The lowest BCUT2D eigenvalue weighted by Crippen LogP contribution is -2.15. The first-order chi connectivity index (χ1) is 12.0. The van der Waals surface area contributed by atoms with Gasteiger partial charge in [0.2, 0.25) is 0 Å². The number of carbonyl (C=O) groups excluding carboxylic acids is 1. The van der Waals surface area contributed by atoms with Crippen molar-refractivity contribution in [3.05, 3.63) is 81.3 Å². The number of benzene rings is 2. The third-order valence-corrected chi connectivity index (χ3v) is 4.45. The van der Waals surface area contributed by atoms with Gasteiger partial charge in [-0.3, -0.25) is 9.48 Å². The smallest absolute Gasteiger partial charge is 0.259 e. The van der Waals surface area contributed by atoms with Gasteiger partial charge in [0.15, 0.2) is 0 Å². The summed E-state index contributed by atoms with van der Waals surface area (Å²) in [6, 6.07) is 14.3. The summed E-state index contributed by atoms with van der Waals surface area (Å²) in [5.74, 6) is -0.852. The van der Waals surface area contributed by atoms with E-state index in [4.69, 9.17) is 0 Å². The van der Waals surface area contributed by atoms with Crippen molar-refractivity contribution in [1.82, 2.24) is 9.78 Å². The van der Waals surface area contributed by atoms with Crippen molar-refractivity contribution >= 4 is 27.5 Å². The predicted octanol–water partition coefficient (Wildman–Crippen LogP) is 4.70. The molecule has 0 spiro atoms. The van der Waals surface area contributed by atoms with Crippen LogP contribution in [0.5, 0.6) is 0 Å². The Balaban J connectivity index is 1.87. The van der Waals surface area contributed by atoms with Crippen LogP contribution in [-0.4, -0.2) is 15.7 Å². The highest BCUT2D eigenvalue weighted by Crippen LogP contribution is 2.22. The number of nitrogens with one attached hydrogen (secondary N) is 1. The highest BCUT2D eigenvalue weighted by molar-refractivity contribution is 9.10. The first-order valence-electron chi connectivity index (χ1n) is 7.80. The zero-order valence-corrected chi connectivity index (χ0v) is 15.5. The molecule has 1 heterocycles. The van der Waals surface area contributed by atoms with E-state index in [-0.39, 0.29) is 11.6 Å². The van der Waals surface area contributed by atoms with Gasteiger partial charge in [-0.05, 0) is 37.6 Å². The summed E-state index contributed by atoms with van der Waals surface area (Å²) in [5.41, 5.74) is 3.05. The van der Waals surface area contributed by atoms with E-state index in [0.717, 1.165) is 11.3 Å². The van der Waals surface area contributed by atoms with Gasteiger partial charge in [-0.1, -0.05) is 46.3 Å². The van der Waals surface area contributed by atoms with Gasteiger partial charge < -0.3 is 5.32 Å². The number of carbonyl (C=O) groups is 1. The number of aromatic nitrogens is 2. The number of hydrogen-bond donors (Lipinski definition) is 1. The molecule has 0 atom stereocenters. The fourth-order valence-electron chi connectivity index (χ4n) is 2.71. The van der Waals surface area contributed by atoms with Gasteiger partial charge in [0, 0.05) is 10.2 Å². The van der Waals surface area contributed by atoms with E-state index in [0.29, 0.717) is 22.3 Å². The van der Waals surface area contributed by atoms with Crippen molar-refractivity contribution in [1.29, 1.82) is 0 Å². The third-order valence-electron chi connectivity index (χ3n) is 3.96. The van der Waals surface area contributed by atoms with Crippen LogP contribution in [0.3, 0.4) is 0 Å². The predicted molar refractivity (Wildman–Crippen MR) is 99.3 cm³/mol. The summed E-state index contributed by atoms with van der Waals surface area (Å²) in [6.07, 6.45) is 0. The molecule has 1 amide bonds. The van der Waals surface area contributed by atoms with Crippen molar-refractivity contribution in [2.75, 3.05) is 5.32 Å². The molecule has 3 rings (SSSR count). The number of nitrogens with zero attached hydrogens (tertiary/aromatic N) is 2. The highest BCUT2D eigenvalue weighted by atomic mass is 79.9. The Kier molecular flexibility index (Phi) is 4.99. The molecule has 25 heavy (non-hydrogen) atoms. The van der Waals surface area contributed by atoms with E-state index in [9.17, 15) is 9.18 Å². The van der Waals surface area contributed by atoms with E-state index >= 15 is 0 Å². The zero-order chi connectivity index (χ0) is 18.0. The van der Waals surface area contributed by atoms with Crippen LogP contribution >= 0.6 is 15.9 Å². The third kappa shape index (κ3) is 3.79. The average molecular weight is 402 g/mol. The van der Waals surface area contributed by atoms with Gasteiger partial charge in [0.1, 0.15) is 5.82 Å². The molecular formula is C19H17BrFN3O. The summed E-state index contributed by atoms with van der Waals surface area (Å²) in [6.45, 7) is 4.20. The number of hydrogen-bond acceptors (Lipinski definition) is 2. The highest BCUT2D eigenvalue weighted by Gasteiger charge is 2.20. The van der Waals surface area contributed by atoms with Gasteiger partial charge in [-0.15, -0.1) is 0 Å². The molecule has 0 aliphatic rings. The van der Waals surface area contributed by atoms with E-state index < -0.39 is 5.82 Å². The Morgan fingerprint density at radius 1 is 1.20 bits per heavy atom. The molecule has 0 fully saturated rings. The molecule has 3 aromatic rings. The standard InChI is InChI=1S/C19H17BrFN3O/c1-12-18(19(25)22-17-10-15(20)8-9-16(17)21)13(2)24(23-12)11-14-6-4-3-5-7-14/h3-10H,11H2,1-2H3,(H,22,25). The maximum Gasteiger partial charge on any atom is 0.259 e. The van der Waals surface area contributed by atoms with E-state index in [1.807, 2.05) is 37.3 Å². The summed E-state index contributed by atoms with van der Waals surface area (Å²) >= 11 is 3.28. The van der Waals surface area contributed by atoms with E-state index in [1.165, 1.54) is 12.1 Å². The second-order valence-corrected chi connectivity index (χ2v) is 6.68. The van der Waals surface area contributed by atoms with Crippen molar-refractivity contribution in [3.63, 3.8) is 0 Å². The van der Waals surface area contributed by atoms with Gasteiger partial charge in [0.05, 0.1) is 23.5 Å². The molecule has 0 aliphatic heterocycles. The second kappa shape index (κ2) is 7.19. The van der Waals surface area contributed by atoms with Gasteiger partial charge in [-0.25, -0.2) is 4.39 Å². The SMILES string of the molecule is Cc1nn(Cc2ccccc2)c(C)c1C(=O)Nc1cc(Br)ccc1F. The maximum absolute atomic E-state index is 13.9. The van der Waals surface area contributed by atoms with Gasteiger partial charge in [-0.2, -0.15) is 5.10 Å². The Bertz CT molecular complexity index is 922. The molecule has 0 saturated heterocycles. The fourth-order valence-corrected chi connectivity index (χ4v) is 3.08. The van der Waals surface area contributed by atoms with Crippen molar-refractivity contribution in [2.24, 2.45) is 0 Å². The normalized spacial score (nSPS) is 10.7. The van der Waals surface area contributed by atoms with Crippen LogP contribution in [0.1, 0.15) is 27.3 Å². The maximum atomic E-state index is 13.9. The molecule has 2 aromatic carbocycles. The van der Waals surface area contributed by atoms with E-state index in [2.05, 4.69) is 26.3 Å². The first kappa shape index (κ1) is 17.4. The Morgan fingerprint density at radius 3 is 2.64 bits per heavy atom. The molecular weight excluding hydrogens is 385 g/mol. The summed E-state index contributed by atoms with van der Waals surface area (Å²) in [4.78, 5) is 12.6. The summed E-state index contributed by atoms with van der Waals surface area (Å²) in [5, 5.41) is 7.09. The molecule has 1 N–H and O–H groups in total. The summed E-state index contributed by atoms with van der Waals surface area (Å²) < 4.78 is 16.4. The molecule has 0 unspecified atom stereocenters. The number of rotatable bonds is 4. The lowest BCUT2D eigenvalue weighted by atomic mass is 10.1. The second-order valence-electron chi connectivity index (χ2n) is 5.77. The molecule has 0 aliphatic carbocycles. The topological polar surface area (TPSA) is 46.9 Å². The minimum atomic E-state index is -0.483. The number of anilines is 1. The van der Waals surface area contributed by atoms with Crippen LogP contribution in [0.15, 0.2) is 53.0 Å². The Labute approximate surface area is 153 Å². The number of aryl methyl sites for hydroxylation is 1. The first-order valence-corrected chi connectivity index (χ1v) is 8.59. The monoisotopic (exact) mass is 401 g/mol. The molecule has 0 radical (unpaired) electrons. The van der Waals surface area contributed by atoms with Crippen LogP contribution in [0.25, 0.3) is 0 Å². The molecule has 128 valence electrons. The Hall–Kier alpha value is -2.47. The molecule has 6 heteroatoms. The summed E-state index contributed by atoms with van der Waals surface area (Å²) in [7, 11) is 0. The zero-order valence-electron chi connectivity index (χ0n) is 13.9. The average Bonchev–Trinajstić information content (AvgIpc) is 2.86. The number of halogens is 2. The van der Waals surface area contributed by atoms with Crippen molar-refractivity contribution in [2.45, 2.75) is 20.4 Å². The van der Waals surface area contributed by atoms with Crippen molar-refractivity contribution < 1.29 is 9.18 Å². The van der Waals surface area contributed by atoms with Crippen LogP contribution in [0, 0.1) is 19.7 Å². The Morgan fingerprint density at radius 2 is 1.92 bits per heavy atom. The molecule has 1 aromatic heterocycles. The lowest BCUT2D eigenvalue weighted by Gasteiger charge is -2.08. The number of amides is 1. The van der Waals surface area contributed by atoms with Crippen LogP contribution < -0.4 is 5.32 Å². The largest absolute Gasteiger partial charge is 0.319 e. The van der Waals surface area contributed by atoms with Crippen molar-refractivity contribution in [3.8, 4) is 0 Å². The van der Waals surface area contributed by atoms with Gasteiger partial charge >= 0.3 is 0 Å². The fraction of sp³-hybridized carbons (Fsp3) is 0.158. The quantitative estimate of drug-likeness (QED) is 0.688. The molecule has 0 bridgehead atoms. The minimum absolute atomic E-state index is 0.133. The van der Waals surface area contributed by atoms with Crippen LogP contribution in [-0.2, 0) is 6.54 Å². The van der Waals surface area contributed by atoms with Gasteiger partial charge in [0.25, 0.3) is 5.91 Å².